The van der Waals surface area contributed by atoms with E-state index in [2.05, 4.69) is 32.3 Å². The minimum Gasteiger partial charge on any atom is -0.420 e. The van der Waals surface area contributed by atoms with Crippen LogP contribution in [0.1, 0.15) is 5.89 Å². The van der Waals surface area contributed by atoms with E-state index in [1.54, 1.807) is 6.08 Å². The molecule has 2 aromatic heterocycles. The van der Waals surface area contributed by atoms with Gasteiger partial charge in [-0.15, -0.1) is 27.0 Å². The Kier molecular flexibility index (Phi) is 4.81. The average molecular weight is 331 g/mol. The van der Waals surface area contributed by atoms with Crippen molar-refractivity contribution >= 4 is 28.2 Å². The summed E-state index contributed by atoms with van der Waals surface area (Å²) in [4.78, 5) is 0. The van der Waals surface area contributed by atoms with Gasteiger partial charge in [-0.25, -0.2) is 0 Å². The molecule has 1 N–H and O–H groups in total. The monoisotopic (exact) mass is 331 g/mol. The molecule has 0 saturated heterocycles. The molecule has 22 heavy (non-hydrogen) atoms. The molecule has 1 aromatic carbocycles. The summed E-state index contributed by atoms with van der Waals surface area (Å²) in [6, 6.07) is 9.70. The summed E-state index contributed by atoms with van der Waals surface area (Å²) in [7, 11) is 0. The number of rotatable bonds is 7. The van der Waals surface area contributed by atoms with E-state index in [-0.39, 0.29) is 0 Å². The zero-order valence-corrected chi connectivity index (χ0v) is 13.2. The maximum absolute atomic E-state index is 5.65. The summed E-state index contributed by atoms with van der Waals surface area (Å²) in [5.74, 6) is 1.66. The summed E-state index contributed by atoms with van der Waals surface area (Å²) in [6.45, 7) is 4.32. The number of hydrogen-bond donors (Lipinski definition) is 1. The summed E-state index contributed by atoms with van der Waals surface area (Å²) in [5.41, 5.74) is 0.915. The van der Waals surface area contributed by atoms with Gasteiger partial charge in [0.25, 0.3) is 0 Å². The highest BCUT2D eigenvalue weighted by Crippen LogP contribution is 2.28. The predicted molar refractivity (Wildman–Crippen MR) is 87.9 cm³/mol. The molecule has 0 bridgehead atoms. The molecule has 0 fully saturated rings. The lowest BCUT2D eigenvalue weighted by Crippen LogP contribution is -1.96. The van der Waals surface area contributed by atoms with Gasteiger partial charge in [-0.05, 0) is 12.1 Å². The third-order valence-electron chi connectivity index (χ3n) is 2.61. The third kappa shape index (κ3) is 3.71. The van der Waals surface area contributed by atoms with Gasteiger partial charge in [-0.1, -0.05) is 47.4 Å². The molecule has 0 atom stereocenters. The van der Waals surface area contributed by atoms with Crippen molar-refractivity contribution in [1.82, 2.24) is 20.4 Å². The van der Waals surface area contributed by atoms with E-state index in [4.69, 9.17) is 4.42 Å². The third-order valence-corrected chi connectivity index (χ3v) is 4.61. The number of thioether (sulfide) groups is 1. The lowest BCUT2D eigenvalue weighted by atomic mass is 10.2. The Morgan fingerprint density at radius 1 is 1.18 bits per heavy atom. The normalized spacial score (nSPS) is 10.5. The van der Waals surface area contributed by atoms with E-state index in [9.17, 15) is 0 Å². The second-order valence-electron chi connectivity index (χ2n) is 4.20. The highest BCUT2D eigenvalue weighted by Gasteiger charge is 2.10. The van der Waals surface area contributed by atoms with Gasteiger partial charge in [0.05, 0.1) is 5.75 Å². The van der Waals surface area contributed by atoms with Gasteiger partial charge in [-0.3, -0.25) is 0 Å². The largest absolute Gasteiger partial charge is 0.420 e. The van der Waals surface area contributed by atoms with Crippen LogP contribution in [0.15, 0.2) is 51.7 Å². The number of aromatic nitrogens is 4. The maximum Gasteiger partial charge on any atom is 0.247 e. The fraction of sp³-hybridized carbons (Fsp3) is 0.143. The van der Waals surface area contributed by atoms with Crippen LogP contribution >= 0.6 is 23.1 Å². The number of anilines is 1. The molecule has 112 valence electrons. The van der Waals surface area contributed by atoms with E-state index < -0.39 is 0 Å². The highest BCUT2D eigenvalue weighted by molar-refractivity contribution is 8.00. The first-order valence-electron chi connectivity index (χ1n) is 6.54. The molecule has 3 rings (SSSR count). The average Bonchev–Trinajstić information content (AvgIpc) is 3.21. The van der Waals surface area contributed by atoms with Gasteiger partial charge in [0.15, 0.2) is 4.34 Å². The van der Waals surface area contributed by atoms with Gasteiger partial charge in [0.1, 0.15) is 0 Å². The van der Waals surface area contributed by atoms with Crippen molar-refractivity contribution in [2.24, 2.45) is 0 Å². The smallest absolute Gasteiger partial charge is 0.247 e. The molecule has 0 unspecified atom stereocenters. The Bertz CT molecular complexity index is 741. The number of benzene rings is 1. The van der Waals surface area contributed by atoms with Crippen molar-refractivity contribution in [1.29, 1.82) is 0 Å². The highest BCUT2D eigenvalue weighted by atomic mass is 32.2. The minimum absolute atomic E-state index is 0.529. The molecule has 0 saturated carbocycles. The summed E-state index contributed by atoms with van der Waals surface area (Å²) < 4.78 is 6.50. The van der Waals surface area contributed by atoms with E-state index in [0.717, 1.165) is 15.0 Å². The summed E-state index contributed by atoms with van der Waals surface area (Å²) in [5, 5.41) is 20.1. The van der Waals surface area contributed by atoms with Crippen LogP contribution in [0.25, 0.3) is 11.5 Å². The molecule has 0 spiro atoms. The second-order valence-corrected chi connectivity index (χ2v) is 6.40. The van der Waals surface area contributed by atoms with E-state index in [0.29, 0.717) is 24.1 Å². The molecule has 0 amide bonds. The quantitative estimate of drug-likeness (QED) is 0.524. The predicted octanol–water partition coefficient (Wildman–Crippen LogP) is 3.48. The molecule has 0 aliphatic carbocycles. The molecule has 0 radical (unpaired) electrons. The van der Waals surface area contributed by atoms with Crippen molar-refractivity contribution in [3.63, 3.8) is 0 Å². The Morgan fingerprint density at radius 2 is 2.05 bits per heavy atom. The number of nitrogens with zero attached hydrogens (tertiary/aromatic N) is 4. The Balaban J connectivity index is 1.59. The number of nitrogens with one attached hydrogen (secondary N) is 1. The summed E-state index contributed by atoms with van der Waals surface area (Å²) >= 11 is 3.01. The van der Waals surface area contributed by atoms with Crippen LogP contribution in [0.4, 0.5) is 5.13 Å². The first-order valence-corrected chi connectivity index (χ1v) is 8.34. The fourth-order valence-electron chi connectivity index (χ4n) is 1.63. The molecule has 2 heterocycles. The Labute approximate surface area is 135 Å². The van der Waals surface area contributed by atoms with Crippen LogP contribution in [0.2, 0.25) is 0 Å². The molecule has 3 aromatic rings. The Morgan fingerprint density at radius 3 is 2.86 bits per heavy atom. The zero-order chi connectivity index (χ0) is 15.2. The van der Waals surface area contributed by atoms with Gasteiger partial charge in [0, 0.05) is 12.1 Å². The lowest BCUT2D eigenvalue weighted by molar-refractivity contribution is 0.528. The maximum atomic E-state index is 5.65. The second kappa shape index (κ2) is 7.19. The minimum atomic E-state index is 0.529. The van der Waals surface area contributed by atoms with Crippen molar-refractivity contribution < 1.29 is 4.42 Å². The first-order chi connectivity index (χ1) is 10.8. The molecule has 0 aliphatic heterocycles. The molecular formula is C14H13N5OS2. The van der Waals surface area contributed by atoms with E-state index in [1.165, 1.54) is 23.1 Å². The van der Waals surface area contributed by atoms with E-state index >= 15 is 0 Å². The standard InChI is InChI=1S/C14H13N5OS2/c1-2-8-15-13-18-19-14(22-13)21-9-11-16-17-12(20-11)10-6-4-3-5-7-10/h2-7H,1,8-9H2,(H,15,18). The van der Waals surface area contributed by atoms with E-state index in [1.807, 2.05) is 30.3 Å². The van der Waals surface area contributed by atoms with Gasteiger partial charge in [0.2, 0.25) is 16.9 Å². The van der Waals surface area contributed by atoms with Crippen molar-refractivity contribution in [3.8, 4) is 11.5 Å². The number of hydrogen-bond acceptors (Lipinski definition) is 8. The topological polar surface area (TPSA) is 76.7 Å². The van der Waals surface area contributed by atoms with Crippen molar-refractivity contribution in [3.05, 3.63) is 48.9 Å². The van der Waals surface area contributed by atoms with Crippen LogP contribution in [0.5, 0.6) is 0 Å². The van der Waals surface area contributed by atoms with Gasteiger partial charge in [-0.2, -0.15) is 0 Å². The SMILES string of the molecule is C=CCNc1nnc(SCc2nnc(-c3ccccc3)o2)s1. The Hall–Kier alpha value is -2.19. The van der Waals surface area contributed by atoms with Gasteiger partial charge >= 0.3 is 0 Å². The zero-order valence-electron chi connectivity index (χ0n) is 11.6. The van der Waals surface area contributed by atoms with Crippen molar-refractivity contribution in [2.75, 3.05) is 11.9 Å². The lowest BCUT2D eigenvalue weighted by Gasteiger charge is -1.93. The van der Waals surface area contributed by atoms with Crippen LogP contribution in [-0.2, 0) is 5.75 Å². The van der Waals surface area contributed by atoms with Crippen LogP contribution < -0.4 is 5.32 Å². The van der Waals surface area contributed by atoms with Crippen LogP contribution in [0.3, 0.4) is 0 Å². The molecule has 6 nitrogen and oxygen atoms in total. The molecule has 8 heteroatoms. The molecule has 0 aliphatic rings. The first kappa shape index (κ1) is 14.7. The van der Waals surface area contributed by atoms with Crippen LogP contribution in [-0.4, -0.2) is 26.9 Å². The fourth-order valence-corrected chi connectivity index (χ4v) is 3.23. The van der Waals surface area contributed by atoms with Crippen LogP contribution in [0, 0.1) is 0 Å². The van der Waals surface area contributed by atoms with Gasteiger partial charge < -0.3 is 9.73 Å². The summed E-state index contributed by atoms with van der Waals surface area (Å²) in [6.07, 6.45) is 1.78. The molecular weight excluding hydrogens is 318 g/mol. The van der Waals surface area contributed by atoms with Crippen molar-refractivity contribution in [2.45, 2.75) is 10.1 Å².